The summed E-state index contributed by atoms with van der Waals surface area (Å²) in [7, 11) is 0. The van der Waals surface area contributed by atoms with Crippen LogP contribution in [0.5, 0.6) is 0 Å². The molecule has 0 fully saturated rings. The van der Waals surface area contributed by atoms with Gasteiger partial charge in [-0.1, -0.05) is 25.5 Å². The minimum atomic E-state index is -4.47. The molecule has 0 saturated carbocycles. The molecule has 0 aliphatic heterocycles. The van der Waals surface area contributed by atoms with E-state index in [4.69, 9.17) is 12.2 Å². The first-order chi connectivity index (χ1) is 13.2. The summed E-state index contributed by atoms with van der Waals surface area (Å²) in [6, 6.07) is 8.14. The molecule has 9 heteroatoms. The number of benzene rings is 1. The maximum atomic E-state index is 12.9. The van der Waals surface area contributed by atoms with Crippen LogP contribution in [0.3, 0.4) is 0 Å². The van der Waals surface area contributed by atoms with E-state index in [0.717, 1.165) is 12.1 Å². The molecule has 0 amide bonds. The summed E-state index contributed by atoms with van der Waals surface area (Å²) in [4.78, 5) is 0. The fourth-order valence-corrected chi connectivity index (χ4v) is 3.39. The number of unbranched alkanes of at least 4 members (excludes halogenated alkanes) is 1. The predicted octanol–water partition coefficient (Wildman–Crippen LogP) is 5.69. The molecule has 1 aromatic carbocycles. The molecule has 28 heavy (non-hydrogen) atoms. The zero-order valence-corrected chi connectivity index (χ0v) is 18.3. The van der Waals surface area contributed by atoms with Crippen molar-refractivity contribution in [1.29, 1.82) is 0 Å². The first-order valence-corrected chi connectivity index (χ1v) is 10.4. The number of anilines is 1. The van der Waals surface area contributed by atoms with Crippen molar-refractivity contribution in [3.8, 4) is 0 Å². The summed E-state index contributed by atoms with van der Waals surface area (Å²) in [6.45, 7) is 4.67. The first kappa shape index (κ1) is 22.7. The summed E-state index contributed by atoms with van der Waals surface area (Å²) in [5.41, 5.74) is 1.76. The number of hydrogen-bond acceptors (Lipinski definition) is 2. The van der Waals surface area contributed by atoms with Gasteiger partial charge in [-0.15, -0.1) is 0 Å². The van der Waals surface area contributed by atoms with Crippen LogP contribution in [0.2, 0.25) is 0 Å². The maximum absolute atomic E-state index is 12.9. The second-order valence-electron chi connectivity index (χ2n) is 6.50. The van der Waals surface area contributed by atoms with Crippen molar-refractivity contribution in [1.82, 2.24) is 15.1 Å². The van der Waals surface area contributed by atoms with E-state index in [0.29, 0.717) is 30.3 Å². The Morgan fingerprint density at radius 2 is 1.89 bits per heavy atom. The number of nitrogens with zero attached hydrogens (tertiary/aromatic N) is 2. The molecule has 4 nitrogen and oxygen atoms in total. The first-order valence-electron chi connectivity index (χ1n) is 9.16. The van der Waals surface area contributed by atoms with E-state index in [1.54, 1.807) is 6.92 Å². The van der Waals surface area contributed by atoms with Crippen LogP contribution in [-0.4, -0.2) is 21.4 Å². The lowest BCUT2D eigenvalue weighted by Gasteiger charge is -2.11. The smallest absolute Gasteiger partial charge is 0.362 e. The second kappa shape index (κ2) is 10.2. The topological polar surface area (TPSA) is 41.9 Å². The van der Waals surface area contributed by atoms with Crippen molar-refractivity contribution in [2.75, 3.05) is 11.9 Å². The molecule has 0 aliphatic rings. The van der Waals surface area contributed by atoms with Crippen molar-refractivity contribution >= 4 is 38.9 Å². The van der Waals surface area contributed by atoms with Crippen molar-refractivity contribution in [3.05, 3.63) is 45.7 Å². The molecule has 0 unspecified atom stereocenters. The number of halogens is 4. The van der Waals surface area contributed by atoms with E-state index >= 15 is 0 Å². The lowest BCUT2D eigenvalue weighted by atomic mass is 10.1. The molecule has 0 atom stereocenters. The summed E-state index contributed by atoms with van der Waals surface area (Å²) in [6.07, 6.45) is -0.475. The molecule has 154 valence electrons. The van der Waals surface area contributed by atoms with E-state index in [2.05, 4.69) is 50.7 Å². The van der Waals surface area contributed by atoms with Crippen LogP contribution >= 0.6 is 28.1 Å². The van der Waals surface area contributed by atoms with Crippen molar-refractivity contribution in [2.45, 2.75) is 52.3 Å². The Hall–Kier alpha value is -1.61. The molecule has 0 bridgehead atoms. The van der Waals surface area contributed by atoms with Crippen LogP contribution in [0.15, 0.2) is 28.7 Å². The van der Waals surface area contributed by atoms with Gasteiger partial charge in [0.2, 0.25) is 0 Å². The third-order valence-corrected chi connectivity index (χ3v) is 5.46. The van der Waals surface area contributed by atoms with Gasteiger partial charge in [-0.25, -0.2) is 0 Å². The van der Waals surface area contributed by atoms with Gasteiger partial charge in [0.05, 0.1) is 10.2 Å². The highest BCUT2D eigenvalue weighted by Crippen LogP contribution is 2.35. The minimum absolute atomic E-state index is 0.00692. The monoisotopic (exact) mass is 476 g/mol. The van der Waals surface area contributed by atoms with Gasteiger partial charge in [0.25, 0.3) is 0 Å². The molecule has 0 aliphatic carbocycles. The number of nitrogens with one attached hydrogen (secondary N) is 2. The van der Waals surface area contributed by atoms with E-state index in [-0.39, 0.29) is 4.47 Å². The average Bonchev–Trinajstić information content (AvgIpc) is 2.93. The highest BCUT2D eigenvalue weighted by Gasteiger charge is 2.37. The van der Waals surface area contributed by atoms with E-state index in [1.165, 1.54) is 23.1 Å². The standard InChI is InChI=1S/C19H24BrF3N4S/c1-3-4-6-14-7-9-15(10-8-14)25-18(28)24-11-5-12-27-13(2)16(20)17(26-27)19(21,22)23/h7-10H,3-6,11-12H2,1-2H3,(H2,24,25,28). The highest BCUT2D eigenvalue weighted by molar-refractivity contribution is 9.10. The molecule has 2 aromatic rings. The molecule has 0 spiro atoms. The fraction of sp³-hybridized carbons (Fsp3) is 0.474. The van der Waals surface area contributed by atoms with Gasteiger partial charge < -0.3 is 10.6 Å². The van der Waals surface area contributed by atoms with Gasteiger partial charge in [-0.2, -0.15) is 18.3 Å². The molecule has 1 aromatic heterocycles. The fourth-order valence-electron chi connectivity index (χ4n) is 2.66. The van der Waals surface area contributed by atoms with Crippen LogP contribution < -0.4 is 10.6 Å². The minimum Gasteiger partial charge on any atom is -0.362 e. The van der Waals surface area contributed by atoms with E-state index in [1.807, 2.05) is 12.1 Å². The van der Waals surface area contributed by atoms with Gasteiger partial charge in [-0.05, 0) is 72.0 Å². The molecular formula is C19H24BrF3N4S. The van der Waals surface area contributed by atoms with Gasteiger partial charge in [0, 0.05) is 18.8 Å². The number of aryl methyl sites for hydroxylation is 2. The third kappa shape index (κ3) is 6.48. The van der Waals surface area contributed by atoms with E-state index < -0.39 is 11.9 Å². The Bertz CT molecular complexity index is 788. The Morgan fingerprint density at radius 3 is 2.46 bits per heavy atom. The summed E-state index contributed by atoms with van der Waals surface area (Å²) in [5, 5.41) is 10.3. The largest absolute Gasteiger partial charge is 0.436 e. The van der Waals surface area contributed by atoms with Gasteiger partial charge >= 0.3 is 6.18 Å². The van der Waals surface area contributed by atoms with Gasteiger partial charge in [0.15, 0.2) is 10.8 Å². The normalized spacial score (nSPS) is 11.5. The second-order valence-corrected chi connectivity index (χ2v) is 7.71. The predicted molar refractivity (Wildman–Crippen MR) is 114 cm³/mol. The molecule has 1 heterocycles. The summed E-state index contributed by atoms with van der Waals surface area (Å²) in [5.74, 6) is 0. The highest BCUT2D eigenvalue weighted by atomic mass is 79.9. The molecule has 0 saturated heterocycles. The lowest BCUT2D eigenvalue weighted by Crippen LogP contribution is -2.29. The number of hydrogen-bond donors (Lipinski definition) is 2. The Morgan fingerprint density at radius 1 is 1.21 bits per heavy atom. The molecule has 0 radical (unpaired) electrons. The molecule has 2 N–H and O–H groups in total. The number of thiocarbonyl (C=S) groups is 1. The van der Waals surface area contributed by atoms with Crippen LogP contribution in [0.4, 0.5) is 18.9 Å². The number of alkyl halides is 3. The van der Waals surface area contributed by atoms with Crippen molar-refractivity contribution in [3.63, 3.8) is 0 Å². The Balaban J connectivity index is 1.77. The van der Waals surface area contributed by atoms with Crippen molar-refractivity contribution < 1.29 is 13.2 Å². The Labute approximate surface area is 177 Å². The van der Waals surface area contributed by atoms with Gasteiger partial charge in [0.1, 0.15) is 0 Å². The Kier molecular flexibility index (Phi) is 8.30. The number of aromatic nitrogens is 2. The van der Waals surface area contributed by atoms with Crippen molar-refractivity contribution in [2.24, 2.45) is 0 Å². The summed E-state index contributed by atoms with van der Waals surface area (Å²) < 4.78 is 40.0. The third-order valence-electron chi connectivity index (χ3n) is 4.27. The maximum Gasteiger partial charge on any atom is 0.436 e. The lowest BCUT2D eigenvalue weighted by molar-refractivity contribution is -0.142. The SMILES string of the molecule is CCCCc1ccc(NC(=S)NCCCn2nc(C(F)(F)F)c(Br)c2C)cc1. The number of rotatable bonds is 8. The van der Waals surface area contributed by atoms with Crippen LogP contribution in [0.1, 0.15) is 43.1 Å². The zero-order valence-electron chi connectivity index (χ0n) is 15.9. The summed E-state index contributed by atoms with van der Waals surface area (Å²) >= 11 is 8.24. The van der Waals surface area contributed by atoms with E-state index in [9.17, 15) is 13.2 Å². The average molecular weight is 477 g/mol. The zero-order chi connectivity index (χ0) is 20.7. The molecule has 2 rings (SSSR count). The quantitative estimate of drug-likeness (QED) is 0.379. The van der Waals surface area contributed by atoms with Crippen LogP contribution in [0, 0.1) is 6.92 Å². The van der Waals surface area contributed by atoms with Crippen LogP contribution in [0.25, 0.3) is 0 Å². The van der Waals surface area contributed by atoms with Gasteiger partial charge in [-0.3, -0.25) is 4.68 Å². The van der Waals surface area contributed by atoms with Crippen LogP contribution in [-0.2, 0) is 19.1 Å². The molecular weight excluding hydrogens is 453 g/mol.